The standard InChI is InChI=1S/C10H23N3O/c1-7(9(11)12-14)13(6)8(2)10(3,4)5/h7-8,14H,1-6H3,(H2,11,12). The second-order valence-electron chi connectivity index (χ2n) is 4.91. The molecule has 0 aliphatic rings. The van der Waals surface area contributed by atoms with E-state index in [0.717, 1.165) is 0 Å². The van der Waals surface area contributed by atoms with E-state index in [1.54, 1.807) is 0 Å². The molecule has 0 aromatic carbocycles. The van der Waals surface area contributed by atoms with E-state index in [4.69, 9.17) is 10.9 Å². The second-order valence-corrected chi connectivity index (χ2v) is 4.91. The first-order valence-electron chi connectivity index (χ1n) is 4.91. The summed E-state index contributed by atoms with van der Waals surface area (Å²) in [6, 6.07) is 0.312. The summed E-state index contributed by atoms with van der Waals surface area (Å²) in [5.41, 5.74) is 5.74. The molecule has 2 unspecified atom stereocenters. The van der Waals surface area contributed by atoms with E-state index in [-0.39, 0.29) is 17.3 Å². The van der Waals surface area contributed by atoms with Gasteiger partial charge in [-0.25, -0.2) is 0 Å². The molecule has 4 nitrogen and oxygen atoms in total. The first-order valence-corrected chi connectivity index (χ1v) is 4.91. The number of hydrogen-bond acceptors (Lipinski definition) is 3. The SMILES string of the molecule is CC(C(N)=NO)N(C)C(C)C(C)(C)C. The lowest BCUT2D eigenvalue weighted by Gasteiger charge is -2.38. The van der Waals surface area contributed by atoms with Crippen molar-refractivity contribution in [1.29, 1.82) is 0 Å². The van der Waals surface area contributed by atoms with E-state index in [9.17, 15) is 0 Å². The summed E-state index contributed by atoms with van der Waals surface area (Å²) in [7, 11) is 1.98. The van der Waals surface area contributed by atoms with Crippen LogP contribution >= 0.6 is 0 Å². The van der Waals surface area contributed by atoms with Gasteiger partial charge in [-0.3, -0.25) is 4.90 Å². The van der Waals surface area contributed by atoms with Crippen LogP contribution in [-0.2, 0) is 0 Å². The van der Waals surface area contributed by atoms with Gasteiger partial charge in [-0.05, 0) is 26.3 Å². The van der Waals surface area contributed by atoms with E-state index in [2.05, 4.69) is 37.8 Å². The van der Waals surface area contributed by atoms with Gasteiger partial charge < -0.3 is 10.9 Å². The zero-order valence-electron chi connectivity index (χ0n) is 10.1. The highest BCUT2D eigenvalue weighted by atomic mass is 16.4. The molecular weight excluding hydrogens is 178 g/mol. The molecule has 0 rings (SSSR count). The number of likely N-dealkylation sites (N-methyl/N-ethyl adjacent to an activating group) is 1. The molecule has 2 atom stereocenters. The van der Waals surface area contributed by atoms with Crippen molar-refractivity contribution < 1.29 is 5.21 Å². The van der Waals surface area contributed by atoms with Crippen LogP contribution in [0.3, 0.4) is 0 Å². The van der Waals surface area contributed by atoms with Crippen LogP contribution in [-0.4, -0.2) is 35.1 Å². The van der Waals surface area contributed by atoms with Gasteiger partial charge in [0.05, 0.1) is 6.04 Å². The average Bonchev–Trinajstić information content (AvgIpc) is 2.11. The van der Waals surface area contributed by atoms with Gasteiger partial charge in [-0.2, -0.15) is 0 Å². The molecule has 0 amide bonds. The highest BCUT2D eigenvalue weighted by Crippen LogP contribution is 2.24. The third-order valence-electron chi connectivity index (χ3n) is 3.02. The molecule has 0 heterocycles. The summed E-state index contributed by atoms with van der Waals surface area (Å²) in [6.45, 7) is 10.6. The van der Waals surface area contributed by atoms with Crippen molar-refractivity contribution in [2.45, 2.75) is 46.7 Å². The first-order chi connectivity index (χ1) is 6.21. The first kappa shape index (κ1) is 13.2. The zero-order valence-corrected chi connectivity index (χ0v) is 10.1. The maximum absolute atomic E-state index is 8.57. The molecule has 0 saturated carbocycles. The Balaban J connectivity index is 4.55. The molecule has 0 spiro atoms. The van der Waals surface area contributed by atoms with Gasteiger partial charge in [0.1, 0.15) is 0 Å². The number of oxime groups is 1. The fourth-order valence-electron chi connectivity index (χ4n) is 1.24. The second kappa shape index (κ2) is 4.64. The third kappa shape index (κ3) is 3.18. The Morgan fingerprint density at radius 1 is 1.36 bits per heavy atom. The predicted octanol–water partition coefficient (Wildman–Crippen LogP) is 1.49. The van der Waals surface area contributed by atoms with Crippen molar-refractivity contribution >= 4 is 5.84 Å². The molecule has 0 radical (unpaired) electrons. The maximum Gasteiger partial charge on any atom is 0.156 e. The molecular formula is C10H23N3O. The number of nitrogens with two attached hydrogens (primary N) is 1. The maximum atomic E-state index is 8.57. The van der Waals surface area contributed by atoms with Crippen LogP contribution in [0.1, 0.15) is 34.6 Å². The van der Waals surface area contributed by atoms with Crippen molar-refractivity contribution in [3.63, 3.8) is 0 Å². The summed E-state index contributed by atoms with van der Waals surface area (Å²) < 4.78 is 0. The quantitative estimate of drug-likeness (QED) is 0.315. The van der Waals surface area contributed by atoms with Crippen LogP contribution in [0.5, 0.6) is 0 Å². The Morgan fingerprint density at radius 2 is 1.79 bits per heavy atom. The minimum atomic E-state index is -0.0470. The van der Waals surface area contributed by atoms with Crippen LogP contribution < -0.4 is 5.73 Å². The van der Waals surface area contributed by atoms with Crippen LogP contribution in [0.4, 0.5) is 0 Å². The van der Waals surface area contributed by atoms with Gasteiger partial charge in [-0.15, -0.1) is 0 Å². The van der Waals surface area contributed by atoms with E-state index >= 15 is 0 Å². The highest BCUT2D eigenvalue weighted by Gasteiger charge is 2.28. The van der Waals surface area contributed by atoms with Crippen molar-refractivity contribution in [3.05, 3.63) is 0 Å². The monoisotopic (exact) mass is 201 g/mol. The van der Waals surface area contributed by atoms with Crippen LogP contribution in [0, 0.1) is 5.41 Å². The van der Waals surface area contributed by atoms with Gasteiger partial charge in [0.15, 0.2) is 5.84 Å². The summed E-state index contributed by atoms with van der Waals surface area (Å²) >= 11 is 0. The normalized spacial score (nSPS) is 18.4. The summed E-state index contributed by atoms with van der Waals surface area (Å²) in [5.74, 6) is 0.253. The van der Waals surface area contributed by atoms with Gasteiger partial charge in [0.25, 0.3) is 0 Å². The van der Waals surface area contributed by atoms with Gasteiger partial charge >= 0.3 is 0 Å². The van der Waals surface area contributed by atoms with E-state index < -0.39 is 0 Å². The minimum absolute atomic E-state index is 0.0470. The number of amidine groups is 1. The van der Waals surface area contributed by atoms with Crippen molar-refractivity contribution in [3.8, 4) is 0 Å². The number of hydrogen-bond donors (Lipinski definition) is 2. The smallest absolute Gasteiger partial charge is 0.156 e. The summed E-state index contributed by atoms with van der Waals surface area (Å²) in [5, 5.41) is 11.6. The lowest BCUT2D eigenvalue weighted by atomic mass is 9.86. The molecule has 0 aromatic rings. The zero-order chi connectivity index (χ0) is 11.5. The lowest BCUT2D eigenvalue weighted by Crippen LogP contribution is -2.49. The molecule has 0 fully saturated rings. The molecule has 0 aliphatic carbocycles. The average molecular weight is 201 g/mol. The fourth-order valence-corrected chi connectivity index (χ4v) is 1.24. The topological polar surface area (TPSA) is 61.9 Å². The summed E-state index contributed by atoms with van der Waals surface area (Å²) in [6.07, 6.45) is 0. The van der Waals surface area contributed by atoms with E-state index in [1.807, 2.05) is 14.0 Å². The van der Waals surface area contributed by atoms with Crippen LogP contribution in [0.15, 0.2) is 5.16 Å². The summed E-state index contributed by atoms with van der Waals surface area (Å²) in [4.78, 5) is 2.11. The van der Waals surface area contributed by atoms with Gasteiger partial charge in [0, 0.05) is 6.04 Å². The Labute approximate surface area is 86.8 Å². The molecule has 4 heteroatoms. The van der Waals surface area contributed by atoms with E-state index in [1.165, 1.54) is 0 Å². The van der Waals surface area contributed by atoms with Crippen molar-refractivity contribution in [2.24, 2.45) is 16.3 Å². The van der Waals surface area contributed by atoms with Gasteiger partial charge in [0.2, 0.25) is 0 Å². The van der Waals surface area contributed by atoms with Crippen LogP contribution in [0.2, 0.25) is 0 Å². The number of rotatable bonds is 3. The van der Waals surface area contributed by atoms with Crippen molar-refractivity contribution in [1.82, 2.24) is 4.90 Å². The Hall–Kier alpha value is -0.770. The third-order valence-corrected chi connectivity index (χ3v) is 3.02. The largest absolute Gasteiger partial charge is 0.409 e. The molecule has 14 heavy (non-hydrogen) atoms. The Morgan fingerprint density at radius 3 is 2.07 bits per heavy atom. The molecule has 0 aliphatic heterocycles. The van der Waals surface area contributed by atoms with E-state index in [0.29, 0.717) is 6.04 Å². The Kier molecular flexibility index (Phi) is 4.39. The lowest BCUT2D eigenvalue weighted by molar-refractivity contribution is 0.127. The molecule has 3 N–H and O–H groups in total. The predicted molar refractivity (Wildman–Crippen MR) is 59.6 cm³/mol. The van der Waals surface area contributed by atoms with Crippen LogP contribution in [0.25, 0.3) is 0 Å². The van der Waals surface area contributed by atoms with Crippen molar-refractivity contribution in [2.75, 3.05) is 7.05 Å². The fraction of sp³-hybridized carbons (Fsp3) is 0.900. The molecule has 0 saturated heterocycles. The molecule has 84 valence electrons. The molecule has 0 bridgehead atoms. The Bertz CT molecular complexity index is 208. The molecule has 0 aromatic heterocycles. The van der Waals surface area contributed by atoms with Gasteiger partial charge in [-0.1, -0.05) is 25.9 Å². The highest BCUT2D eigenvalue weighted by molar-refractivity contribution is 5.84. The number of nitrogens with zero attached hydrogens (tertiary/aromatic N) is 2. The minimum Gasteiger partial charge on any atom is -0.409 e.